The van der Waals surface area contributed by atoms with E-state index in [1.807, 2.05) is 0 Å². The molecule has 0 aliphatic rings. The molecule has 0 spiro atoms. The van der Waals surface area contributed by atoms with Gasteiger partial charge in [0.05, 0.1) is 14.2 Å². The largest absolute Gasteiger partial charge is 0.493 e. The first-order valence-corrected chi connectivity index (χ1v) is 8.14. The summed E-state index contributed by atoms with van der Waals surface area (Å²) in [5, 5.41) is 2.86. The van der Waals surface area contributed by atoms with Crippen molar-refractivity contribution in [3.8, 4) is 17.2 Å². The summed E-state index contributed by atoms with van der Waals surface area (Å²) in [6, 6.07) is 3.07. The van der Waals surface area contributed by atoms with E-state index in [2.05, 4.69) is 24.1 Å². The number of nitrogens with zero attached hydrogens (tertiary/aromatic N) is 1. The zero-order valence-electron chi connectivity index (χ0n) is 15.3. The molecule has 0 radical (unpaired) electrons. The van der Waals surface area contributed by atoms with Gasteiger partial charge in [-0.3, -0.25) is 9.59 Å². The lowest BCUT2D eigenvalue weighted by Gasteiger charge is -2.18. The van der Waals surface area contributed by atoms with Crippen LogP contribution in [0.4, 0.5) is 0 Å². The molecule has 0 aromatic heterocycles. The van der Waals surface area contributed by atoms with Gasteiger partial charge in [-0.15, -0.1) is 0 Å². The summed E-state index contributed by atoms with van der Waals surface area (Å²) in [7, 11) is 2.88. The Bertz CT molecular complexity index is 563. The summed E-state index contributed by atoms with van der Waals surface area (Å²) in [6.45, 7) is 7.00. The summed E-state index contributed by atoms with van der Waals surface area (Å²) in [5.74, 6) is -0.0694. The molecule has 0 bridgehead atoms. The highest BCUT2D eigenvalue weighted by Crippen LogP contribution is 2.38. The monoisotopic (exact) mass is 353 g/mol. The molecule has 3 N–H and O–H groups in total. The van der Waals surface area contributed by atoms with E-state index in [1.165, 1.54) is 26.4 Å². The van der Waals surface area contributed by atoms with E-state index in [-0.39, 0.29) is 29.8 Å². The lowest BCUT2D eigenvalue weighted by molar-refractivity contribution is -0.120. The molecule has 1 aromatic carbocycles. The van der Waals surface area contributed by atoms with Gasteiger partial charge < -0.3 is 30.2 Å². The average molecular weight is 353 g/mol. The molecule has 8 heteroatoms. The lowest BCUT2D eigenvalue weighted by Crippen LogP contribution is -2.34. The molecule has 0 atom stereocenters. The minimum Gasteiger partial charge on any atom is -0.493 e. The van der Waals surface area contributed by atoms with Gasteiger partial charge in [-0.05, 0) is 25.2 Å². The second kappa shape index (κ2) is 10.4. The Balaban J connectivity index is 2.89. The number of hydrogen-bond donors (Lipinski definition) is 2. The number of benzene rings is 1. The van der Waals surface area contributed by atoms with Gasteiger partial charge in [0.2, 0.25) is 5.75 Å². The van der Waals surface area contributed by atoms with Crippen molar-refractivity contribution in [3.05, 3.63) is 17.7 Å². The molecule has 8 nitrogen and oxygen atoms in total. The van der Waals surface area contributed by atoms with Gasteiger partial charge in [0.15, 0.2) is 18.1 Å². The first-order chi connectivity index (χ1) is 12.0. The van der Waals surface area contributed by atoms with Gasteiger partial charge in [-0.2, -0.15) is 0 Å². The second-order valence-electron chi connectivity index (χ2n) is 5.25. The third-order valence-electron chi connectivity index (χ3n) is 3.69. The Labute approximate surface area is 148 Å². The van der Waals surface area contributed by atoms with Gasteiger partial charge in [0.25, 0.3) is 11.8 Å². The third-order valence-corrected chi connectivity index (χ3v) is 3.69. The Hall–Kier alpha value is -2.48. The van der Waals surface area contributed by atoms with Crippen LogP contribution in [0.5, 0.6) is 17.2 Å². The number of ether oxygens (including phenoxy) is 3. The molecule has 0 aliphatic heterocycles. The molecule has 0 aliphatic carbocycles. The number of rotatable bonds is 11. The molecular weight excluding hydrogens is 326 g/mol. The fourth-order valence-corrected chi connectivity index (χ4v) is 2.27. The number of hydrogen-bond acceptors (Lipinski definition) is 6. The van der Waals surface area contributed by atoms with Crippen LogP contribution in [-0.4, -0.2) is 63.7 Å². The van der Waals surface area contributed by atoms with E-state index < -0.39 is 5.91 Å². The number of amides is 2. The predicted molar refractivity (Wildman–Crippen MR) is 94.4 cm³/mol. The molecule has 0 fully saturated rings. The normalized spacial score (nSPS) is 10.4. The fraction of sp³-hybridized carbons (Fsp3) is 0.529. The van der Waals surface area contributed by atoms with E-state index >= 15 is 0 Å². The average Bonchev–Trinajstić information content (AvgIpc) is 2.62. The minimum absolute atomic E-state index is 0.225. The molecule has 1 aromatic rings. The highest BCUT2D eigenvalue weighted by Gasteiger charge is 2.18. The molecule has 2 amide bonds. The number of likely N-dealkylation sites (N-methyl/N-ethyl adjacent to an activating group) is 1. The number of nitrogens with one attached hydrogen (secondary N) is 1. The smallest absolute Gasteiger partial charge is 0.255 e. The van der Waals surface area contributed by atoms with E-state index in [4.69, 9.17) is 19.9 Å². The number of carbonyl (C=O) groups is 2. The van der Waals surface area contributed by atoms with Gasteiger partial charge >= 0.3 is 0 Å². The zero-order chi connectivity index (χ0) is 18.8. The maximum atomic E-state index is 12.4. The quantitative estimate of drug-likeness (QED) is 0.605. The third kappa shape index (κ3) is 6.15. The van der Waals surface area contributed by atoms with Crippen molar-refractivity contribution in [1.29, 1.82) is 0 Å². The van der Waals surface area contributed by atoms with Crippen LogP contribution >= 0.6 is 0 Å². The maximum absolute atomic E-state index is 12.4. The topological polar surface area (TPSA) is 103 Å². The molecular formula is C17H27N3O5. The van der Waals surface area contributed by atoms with Crippen LogP contribution < -0.4 is 25.3 Å². The fourth-order valence-electron chi connectivity index (χ4n) is 2.27. The van der Waals surface area contributed by atoms with Crippen molar-refractivity contribution in [2.24, 2.45) is 5.73 Å². The Morgan fingerprint density at radius 1 is 1.12 bits per heavy atom. The zero-order valence-corrected chi connectivity index (χ0v) is 15.3. The van der Waals surface area contributed by atoms with Crippen LogP contribution in [-0.2, 0) is 4.79 Å². The van der Waals surface area contributed by atoms with Crippen LogP contribution in [0.1, 0.15) is 24.2 Å². The summed E-state index contributed by atoms with van der Waals surface area (Å²) in [5.41, 5.74) is 5.46. The van der Waals surface area contributed by atoms with Crippen LogP contribution in [0.2, 0.25) is 0 Å². The molecule has 0 saturated carbocycles. The van der Waals surface area contributed by atoms with Crippen molar-refractivity contribution in [2.45, 2.75) is 13.8 Å². The predicted octanol–water partition coefficient (Wildman–Crippen LogP) is 0.640. The van der Waals surface area contributed by atoms with Crippen molar-refractivity contribution in [1.82, 2.24) is 10.2 Å². The van der Waals surface area contributed by atoms with E-state index in [1.54, 1.807) is 0 Å². The summed E-state index contributed by atoms with van der Waals surface area (Å²) >= 11 is 0. The molecule has 0 unspecified atom stereocenters. The number of primary amides is 1. The number of methoxy groups -OCH3 is 2. The maximum Gasteiger partial charge on any atom is 0.255 e. The summed E-state index contributed by atoms with van der Waals surface area (Å²) < 4.78 is 15.8. The summed E-state index contributed by atoms with van der Waals surface area (Å²) in [4.78, 5) is 25.5. The molecule has 25 heavy (non-hydrogen) atoms. The van der Waals surface area contributed by atoms with Crippen molar-refractivity contribution in [3.63, 3.8) is 0 Å². The van der Waals surface area contributed by atoms with E-state index in [0.717, 1.165) is 19.6 Å². The lowest BCUT2D eigenvalue weighted by atomic mass is 10.1. The first-order valence-electron chi connectivity index (χ1n) is 8.14. The van der Waals surface area contributed by atoms with Crippen molar-refractivity contribution < 1.29 is 23.8 Å². The SMILES string of the molecule is CCN(CC)CCNC(=O)c1cc(OC)c(OCC(N)=O)c(OC)c1. The van der Waals surface area contributed by atoms with Crippen molar-refractivity contribution >= 4 is 11.8 Å². The molecule has 0 heterocycles. The van der Waals surface area contributed by atoms with Gasteiger partial charge in [-0.1, -0.05) is 13.8 Å². The van der Waals surface area contributed by atoms with Crippen LogP contribution in [0.25, 0.3) is 0 Å². The van der Waals surface area contributed by atoms with Gasteiger partial charge in [-0.25, -0.2) is 0 Å². The standard InChI is InChI=1S/C17H27N3O5/c1-5-20(6-2)8-7-19-17(22)12-9-13(23-3)16(14(10-12)24-4)25-11-15(18)21/h9-10H,5-8,11H2,1-4H3,(H2,18,21)(H,19,22). The van der Waals surface area contributed by atoms with Gasteiger partial charge in [0.1, 0.15) is 0 Å². The van der Waals surface area contributed by atoms with Crippen LogP contribution in [0.15, 0.2) is 12.1 Å². The molecule has 140 valence electrons. The number of nitrogens with two attached hydrogens (primary N) is 1. The van der Waals surface area contributed by atoms with Crippen LogP contribution in [0.3, 0.4) is 0 Å². The summed E-state index contributed by atoms with van der Waals surface area (Å²) in [6.07, 6.45) is 0. The highest BCUT2D eigenvalue weighted by molar-refractivity contribution is 5.95. The molecule has 1 rings (SSSR count). The van der Waals surface area contributed by atoms with Crippen LogP contribution in [0, 0.1) is 0 Å². The molecule has 0 saturated heterocycles. The minimum atomic E-state index is -0.623. The van der Waals surface area contributed by atoms with Gasteiger partial charge in [0, 0.05) is 18.7 Å². The second-order valence-corrected chi connectivity index (χ2v) is 5.25. The Morgan fingerprint density at radius 3 is 2.12 bits per heavy atom. The first kappa shape index (κ1) is 20.6. The van der Waals surface area contributed by atoms with E-state index in [0.29, 0.717) is 12.1 Å². The Morgan fingerprint density at radius 2 is 1.68 bits per heavy atom. The highest BCUT2D eigenvalue weighted by atomic mass is 16.5. The number of carbonyl (C=O) groups excluding carboxylic acids is 2. The Kier molecular flexibility index (Phi) is 8.55. The van der Waals surface area contributed by atoms with E-state index in [9.17, 15) is 9.59 Å². The van der Waals surface area contributed by atoms with Crippen molar-refractivity contribution in [2.75, 3.05) is 47.0 Å².